The van der Waals surface area contributed by atoms with E-state index in [4.69, 9.17) is 5.41 Å². The van der Waals surface area contributed by atoms with Crippen LogP contribution in [0.15, 0.2) is 35.9 Å². The zero-order valence-corrected chi connectivity index (χ0v) is 14.0. The van der Waals surface area contributed by atoms with Gasteiger partial charge in [0, 0.05) is 5.56 Å². The Balaban J connectivity index is 1.79. The van der Waals surface area contributed by atoms with Gasteiger partial charge in [-0.3, -0.25) is 4.79 Å². The lowest BCUT2D eigenvalue weighted by Gasteiger charge is -2.08. The number of nitrogens with one attached hydrogen (secondary N) is 1. The molecule has 0 amide bonds. The van der Waals surface area contributed by atoms with Gasteiger partial charge in [0.25, 0.3) is 0 Å². The molecule has 2 N–H and O–H groups in total. The Morgan fingerprint density at radius 2 is 2.00 bits per heavy atom. The Labute approximate surface area is 138 Å². The summed E-state index contributed by atoms with van der Waals surface area (Å²) in [5.41, 5.74) is 3.39. The number of hydrogen-bond donors (Lipinski definition) is 2. The topological polar surface area (TPSA) is 61.2 Å². The number of aliphatic hydroxyl groups is 1. The van der Waals surface area contributed by atoms with E-state index in [-0.39, 0.29) is 17.6 Å². The average Bonchev–Trinajstić information content (AvgIpc) is 2.78. The zero-order valence-electron chi connectivity index (χ0n) is 14.0. The lowest BCUT2D eigenvalue weighted by molar-refractivity contribution is 0.106. The lowest BCUT2D eigenvalue weighted by Crippen LogP contribution is -2.13. The minimum atomic E-state index is -0.172. The highest BCUT2D eigenvalue weighted by molar-refractivity contribution is 6.44. The summed E-state index contributed by atoms with van der Waals surface area (Å²) >= 11 is 0. The van der Waals surface area contributed by atoms with Crippen LogP contribution in [0.2, 0.25) is 0 Å². The molecule has 1 atom stereocenters. The molecule has 0 heterocycles. The van der Waals surface area contributed by atoms with E-state index in [1.165, 1.54) is 11.1 Å². The van der Waals surface area contributed by atoms with Crippen molar-refractivity contribution in [3.8, 4) is 0 Å². The minimum absolute atomic E-state index is 0.155. The SMILES string of the molecule is CCc1ccc(C(=O)C(=N)CCCC2=CCCC(O)CC2)cc1. The molecule has 23 heavy (non-hydrogen) atoms. The van der Waals surface area contributed by atoms with Crippen LogP contribution in [-0.2, 0) is 6.42 Å². The van der Waals surface area contributed by atoms with Gasteiger partial charge in [0.2, 0.25) is 5.78 Å². The van der Waals surface area contributed by atoms with E-state index in [1.807, 2.05) is 24.3 Å². The number of rotatable bonds is 7. The first-order valence-corrected chi connectivity index (χ1v) is 8.67. The number of benzene rings is 1. The molecule has 3 nitrogen and oxygen atoms in total. The molecule has 0 radical (unpaired) electrons. The van der Waals surface area contributed by atoms with Crippen LogP contribution < -0.4 is 0 Å². The Morgan fingerprint density at radius 3 is 2.70 bits per heavy atom. The van der Waals surface area contributed by atoms with E-state index in [0.29, 0.717) is 12.0 Å². The molecule has 1 aliphatic carbocycles. The van der Waals surface area contributed by atoms with Crippen molar-refractivity contribution in [1.29, 1.82) is 5.41 Å². The number of hydrogen-bond acceptors (Lipinski definition) is 3. The first kappa shape index (κ1) is 17.6. The fraction of sp³-hybridized carbons (Fsp3) is 0.500. The maximum Gasteiger partial charge on any atom is 0.206 e. The van der Waals surface area contributed by atoms with Crippen LogP contribution in [0.1, 0.15) is 67.8 Å². The van der Waals surface area contributed by atoms with E-state index >= 15 is 0 Å². The van der Waals surface area contributed by atoms with Gasteiger partial charge in [0.1, 0.15) is 0 Å². The first-order chi connectivity index (χ1) is 11.1. The molecule has 1 aromatic rings. The molecule has 1 aliphatic rings. The van der Waals surface area contributed by atoms with Gasteiger partial charge >= 0.3 is 0 Å². The predicted molar refractivity (Wildman–Crippen MR) is 94.3 cm³/mol. The predicted octanol–water partition coefficient (Wildman–Crippen LogP) is 4.48. The van der Waals surface area contributed by atoms with Crippen molar-refractivity contribution in [2.45, 2.75) is 64.4 Å². The summed E-state index contributed by atoms with van der Waals surface area (Å²) in [5, 5.41) is 17.7. The summed E-state index contributed by atoms with van der Waals surface area (Å²) in [6, 6.07) is 7.57. The van der Waals surface area contributed by atoms with Crippen molar-refractivity contribution < 1.29 is 9.90 Å². The monoisotopic (exact) mass is 313 g/mol. The third kappa shape index (κ3) is 5.43. The molecular formula is C20H27NO2. The standard InChI is InChI=1S/C20H27NO2/c1-2-15-9-12-17(13-10-15)20(23)19(21)8-4-6-16-5-3-7-18(22)14-11-16/h5,9-10,12-13,18,21-22H,2-4,6-8,11,14H2,1H3. The van der Waals surface area contributed by atoms with Crippen LogP contribution in [0.5, 0.6) is 0 Å². The van der Waals surface area contributed by atoms with Crippen LogP contribution >= 0.6 is 0 Å². The van der Waals surface area contributed by atoms with Gasteiger partial charge in [0.15, 0.2) is 0 Å². The van der Waals surface area contributed by atoms with Gasteiger partial charge in [-0.1, -0.05) is 42.8 Å². The van der Waals surface area contributed by atoms with Gasteiger partial charge in [0.05, 0.1) is 11.8 Å². The Kier molecular flexibility index (Phi) is 6.72. The maximum atomic E-state index is 12.3. The highest BCUT2D eigenvalue weighted by atomic mass is 16.3. The molecule has 1 aromatic carbocycles. The number of carbonyl (C=O) groups is 1. The van der Waals surface area contributed by atoms with Crippen LogP contribution in [0, 0.1) is 5.41 Å². The van der Waals surface area contributed by atoms with Crippen molar-refractivity contribution >= 4 is 11.5 Å². The summed E-state index contributed by atoms with van der Waals surface area (Å²) in [5.74, 6) is -0.155. The molecule has 0 fully saturated rings. The summed E-state index contributed by atoms with van der Waals surface area (Å²) < 4.78 is 0. The van der Waals surface area contributed by atoms with Gasteiger partial charge in [-0.2, -0.15) is 0 Å². The summed E-state index contributed by atoms with van der Waals surface area (Å²) in [6.07, 6.45) is 8.87. The summed E-state index contributed by atoms with van der Waals surface area (Å²) in [6.45, 7) is 2.08. The maximum absolute atomic E-state index is 12.3. The van der Waals surface area contributed by atoms with Crippen LogP contribution in [0.4, 0.5) is 0 Å². The fourth-order valence-electron chi connectivity index (χ4n) is 2.98. The molecule has 124 valence electrons. The average molecular weight is 313 g/mol. The molecule has 0 saturated carbocycles. The number of Topliss-reactive ketones (excluding diaryl/α,β-unsaturated/α-hetero) is 1. The Bertz CT molecular complexity index is 572. The van der Waals surface area contributed by atoms with Crippen molar-refractivity contribution in [3.63, 3.8) is 0 Å². The van der Waals surface area contributed by atoms with Gasteiger partial charge < -0.3 is 10.5 Å². The second kappa shape index (κ2) is 8.78. The Hall–Kier alpha value is -1.74. The van der Waals surface area contributed by atoms with Gasteiger partial charge in [-0.25, -0.2) is 0 Å². The highest BCUT2D eigenvalue weighted by Crippen LogP contribution is 2.22. The van der Waals surface area contributed by atoms with Crippen LogP contribution in [-0.4, -0.2) is 22.7 Å². The zero-order chi connectivity index (χ0) is 16.7. The molecule has 0 aromatic heterocycles. The number of carbonyl (C=O) groups excluding carboxylic acids is 1. The lowest BCUT2D eigenvalue weighted by atomic mass is 9.98. The normalized spacial score (nSPS) is 18.2. The van der Waals surface area contributed by atoms with Crippen molar-refractivity contribution in [2.24, 2.45) is 0 Å². The number of ketones is 1. The molecule has 0 bridgehead atoms. The smallest absolute Gasteiger partial charge is 0.206 e. The first-order valence-electron chi connectivity index (χ1n) is 8.67. The highest BCUT2D eigenvalue weighted by Gasteiger charge is 2.13. The van der Waals surface area contributed by atoms with E-state index in [2.05, 4.69) is 13.0 Å². The van der Waals surface area contributed by atoms with Crippen molar-refractivity contribution in [3.05, 3.63) is 47.0 Å². The summed E-state index contributed by atoms with van der Waals surface area (Å²) in [4.78, 5) is 12.3. The third-order valence-corrected chi connectivity index (χ3v) is 4.55. The van der Waals surface area contributed by atoms with Crippen molar-refractivity contribution in [2.75, 3.05) is 0 Å². The molecule has 1 unspecified atom stereocenters. The molecule has 0 spiro atoms. The largest absolute Gasteiger partial charge is 0.393 e. The second-order valence-corrected chi connectivity index (χ2v) is 6.34. The number of aryl methyl sites for hydroxylation is 1. The minimum Gasteiger partial charge on any atom is -0.393 e. The molecule has 0 saturated heterocycles. The quantitative estimate of drug-likeness (QED) is 0.443. The van der Waals surface area contributed by atoms with E-state index < -0.39 is 0 Å². The number of allylic oxidation sites excluding steroid dienone is 2. The van der Waals surface area contributed by atoms with E-state index in [0.717, 1.165) is 44.9 Å². The second-order valence-electron chi connectivity index (χ2n) is 6.34. The van der Waals surface area contributed by atoms with Gasteiger partial charge in [-0.05, 0) is 56.9 Å². The molecule has 3 heteroatoms. The molecule has 2 rings (SSSR count). The molecule has 0 aliphatic heterocycles. The third-order valence-electron chi connectivity index (χ3n) is 4.55. The Morgan fingerprint density at radius 1 is 1.26 bits per heavy atom. The van der Waals surface area contributed by atoms with Crippen LogP contribution in [0.25, 0.3) is 0 Å². The molecular weight excluding hydrogens is 286 g/mol. The van der Waals surface area contributed by atoms with Gasteiger partial charge in [-0.15, -0.1) is 0 Å². The summed E-state index contributed by atoms with van der Waals surface area (Å²) in [7, 11) is 0. The van der Waals surface area contributed by atoms with E-state index in [1.54, 1.807) is 0 Å². The fourth-order valence-corrected chi connectivity index (χ4v) is 2.98. The van der Waals surface area contributed by atoms with Crippen LogP contribution in [0.3, 0.4) is 0 Å². The van der Waals surface area contributed by atoms with E-state index in [9.17, 15) is 9.90 Å². The number of aliphatic hydroxyl groups excluding tert-OH is 1. The van der Waals surface area contributed by atoms with Crippen molar-refractivity contribution in [1.82, 2.24) is 0 Å².